The van der Waals surface area contributed by atoms with Crippen LogP contribution < -0.4 is 10.6 Å². The summed E-state index contributed by atoms with van der Waals surface area (Å²) in [5, 5.41) is 6.79. The fourth-order valence-electron chi connectivity index (χ4n) is 1.64. The molecule has 1 atom stereocenters. The van der Waals surface area contributed by atoms with Crippen LogP contribution in [0.4, 0.5) is 0 Å². The van der Waals surface area contributed by atoms with Crippen molar-refractivity contribution in [3.8, 4) is 0 Å². The first-order chi connectivity index (χ1) is 8.35. The van der Waals surface area contributed by atoms with Crippen LogP contribution in [-0.4, -0.2) is 53.1 Å². The van der Waals surface area contributed by atoms with Gasteiger partial charge in [-0.2, -0.15) is 0 Å². The van der Waals surface area contributed by atoms with Gasteiger partial charge in [-0.1, -0.05) is 26.2 Å². The van der Waals surface area contributed by atoms with Crippen LogP contribution >= 0.6 is 0 Å². The van der Waals surface area contributed by atoms with Crippen molar-refractivity contribution < 1.29 is 9.47 Å². The Morgan fingerprint density at radius 1 is 0.941 bits per heavy atom. The summed E-state index contributed by atoms with van der Waals surface area (Å²) in [6.07, 6.45) is 5.45. The van der Waals surface area contributed by atoms with Crippen molar-refractivity contribution in [2.75, 3.05) is 47.0 Å². The van der Waals surface area contributed by atoms with Crippen LogP contribution in [0.5, 0.6) is 0 Å². The lowest BCUT2D eigenvalue weighted by atomic mass is 10.2. The molecule has 0 amide bonds. The maximum atomic E-state index is 5.25. The van der Waals surface area contributed by atoms with Crippen LogP contribution in [0.2, 0.25) is 0 Å². The minimum Gasteiger partial charge on any atom is -0.382 e. The Morgan fingerprint density at radius 3 is 2.35 bits per heavy atom. The topological polar surface area (TPSA) is 42.5 Å². The number of hydrogen-bond acceptors (Lipinski definition) is 4. The van der Waals surface area contributed by atoms with Gasteiger partial charge in [0, 0.05) is 33.9 Å². The van der Waals surface area contributed by atoms with E-state index in [9.17, 15) is 0 Å². The van der Waals surface area contributed by atoms with E-state index >= 15 is 0 Å². The molecule has 0 aliphatic heterocycles. The molecule has 0 spiro atoms. The summed E-state index contributed by atoms with van der Waals surface area (Å²) >= 11 is 0. The molecule has 4 heteroatoms. The number of ether oxygens (including phenoxy) is 2. The van der Waals surface area contributed by atoms with Gasteiger partial charge in [-0.3, -0.25) is 0 Å². The molecule has 104 valence electrons. The molecule has 0 heterocycles. The second kappa shape index (κ2) is 13.9. The van der Waals surface area contributed by atoms with E-state index in [1.54, 1.807) is 14.2 Å². The molecule has 17 heavy (non-hydrogen) atoms. The van der Waals surface area contributed by atoms with E-state index in [1.807, 2.05) is 0 Å². The monoisotopic (exact) mass is 246 g/mol. The Bertz CT molecular complexity index is 145. The Labute approximate surface area is 106 Å². The quantitative estimate of drug-likeness (QED) is 0.482. The number of nitrogens with one attached hydrogen (secondary N) is 2. The summed E-state index contributed by atoms with van der Waals surface area (Å²) in [5.74, 6) is 0. The van der Waals surface area contributed by atoms with Crippen molar-refractivity contribution in [2.45, 2.75) is 38.7 Å². The minimum absolute atomic E-state index is 0.157. The summed E-state index contributed by atoms with van der Waals surface area (Å²) in [6, 6.07) is 0. The summed E-state index contributed by atoms with van der Waals surface area (Å²) in [6.45, 7) is 6.87. The van der Waals surface area contributed by atoms with Crippen LogP contribution in [0.15, 0.2) is 0 Å². The zero-order valence-electron chi connectivity index (χ0n) is 11.8. The SMILES string of the molecule is CCCCCCNCCNCC(COC)OC. The molecule has 0 aromatic rings. The van der Waals surface area contributed by atoms with E-state index in [0.717, 1.165) is 26.2 Å². The Balaban J connectivity index is 3.11. The van der Waals surface area contributed by atoms with Crippen molar-refractivity contribution in [1.82, 2.24) is 10.6 Å². The maximum Gasteiger partial charge on any atom is 0.0928 e. The molecule has 1 unspecified atom stereocenters. The maximum absolute atomic E-state index is 5.25. The first-order valence-corrected chi connectivity index (χ1v) is 6.78. The van der Waals surface area contributed by atoms with Gasteiger partial charge in [0.15, 0.2) is 0 Å². The molecular weight excluding hydrogens is 216 g/mol. The lowest BCUT2D eigenvalue weighted by molar-refractivity contribution is 0.0291. The van der Waals surface area contributed by atoms with Gasteiger partial charge in [0.2, 0.25) is 0 Å². The first kappa shape index (κ1) is 16.8. The Hall–Kier alpha value is -0.160. The molecule has 4 nitrogen and oxygen atoms in total. The van der Waals surface area contributed by atoms with Crippen LogP contribution in [0.1, 0.15) is 32.6 Å². The van der Waals surface area contributed by atoms with E-state index in [2.05, 4.69) is 17.6 Å². The largest absolute Gasteiger partial charge is 0.382 e. The van der Waals surface area contributed by atoms with E-state index in [4.69, 9.17) is 9.47 Å². The molecule has 0 aliphatic rings. The van der Waals surface area contributed by atoms with E-state index in [0.29, 0.717) is 6.61 Å². The molecule has 0 radical (unpaired) electrons. The van der Waals surface area contributed by atoms with Crippen molar-refractivity contribution in [3.63, 3.8) is 0 Å². The van der Waals surface area contributed by atoms with Gasteiger partial charge >= 0.3 is 0 Å². The lowest BCUT2D eigenvalue weighted by Crippen LogP contribution is -2.35. The number of methoxy groups -OCH3 is 2. The highest BCUT2D eigenvalue weighted by Gasteiger charge is 2.04. The third kappa shape index (κ3) is 12.1. The number of unbranched alkanes of at least 4 members (excludes halogenated alkanes) is 3. The van der Waals surface area contributed by atoms with Crippen molar-refractivity contribution in [3.05, 3.63) is 0 Å². The molecule has 0 rings (SSSR count). The van der Waals surface area contributed by atoms with Gasteiger partial charge in [-0.15, -0.1) is 0 Å². The van der Waals surface area contributed by atoms with Crippen LogP contribution in [0.25, 0.3) is 0 Å². The fraction of sp³-hybridized carbons (Fsp3) is 1.00. The van der Waals surface area contributed by atoms with E-state index in [-0.39, 0.29) is 6.10 Å². The molecule has 2 N–H and O–H groups in total. The minimum atomic E-state index is 0.157. The summed E-state index contributed by atoms with van der Waals surface area (Å²) < 4.78 is 10.3. The Morgan fingerprint density at radius 2 is 1.71 bits per heavy atom. The third-order valence-corrected chi connectivity index (χ3v) is 2.74. The van der Waals surface area contributed by atoms with Crippen molar-refractivity contribution in [1.29, 1.82) is 0 Å². The van der Waals surface area contributed by atoms with Crippen LogP contribution in [0.3, 0.4) is 0 Å². The fourth-order valence-corrected chi connectivity index (χ4v) is 1.64. The molecule has 0 aliphatic carbocycles. The van der Waals surface area contributed by atoms with Gasteiger partial charge in [0.05, 0.1) is 12.7 Å². The second-order valence-corrected chi connectivity index (χ2v) is 4.33. The molecular formula is C13H30N2O2. The molecule has 0 bridgehead atoms. The molecule has 0 saturated heterocycles. The molecule has 0 aromatic carbocycles. The predicted octanol–water partition coefficient (Wildman–Crippen LogP) is 1.41. The smallest absolute Gasteiger partial charge is 0.0928 e. The summed E-state index contributed by atoms with van der Waals surface area (Å²) in [4.78, 5) is 0. The number of hydrogen-bond donors (Lipinski definition) is 2. The highest BCUT2D eigenvalue weighted by molar-refractivity contribution is 4.61. The zero-order chi connectivity index (χ0) is 12.8. The zero-order valence-corrected chi connectivity index (χ0v) is 11.8. The van der Waals surface area contributed by atoms with E-state index in [1.165, 1.54) is 25.7 Å². The number of rotatable bonds is 13. The van der Waals surface area contributed by atoms with Gasteiger partial charge in [-0.05, 0) is 13.0 Å². The van der Waals surface area contributed by atoms with Gasteiger partial charge < -0.3 is 20.1 Å². The molecule has 0 saturated carbocycles. The van der Waals surface area contributed by atoms with Crippen molar-refractivity contribution >= 4 is 0 Å². The van der Waals surface area contributed by atoms with E-state index < -0.39 is 0 Å². The van der Waals surface area contributed by atoms with Gasteiger partial charge in [-0.25, -0.2) is 0 Å². The summed E-state index contributed by atoms with van der Waals surface area (Å²) in [7, 11) is 3.42. The summed E-state index contributed by atoms with van der Waals surface area (Å²) in [5.41, 5.74) is 0. The molecule has 0 fully saturated rings. The van der Waals surface area contributed by atoms with Gasteiger partial charge in [0.1, 0.15) is 0 Å². The third-order valence-electron chi connectivity index (χ3n) is 2.74. The average molecular weight is 246 g/mol. The standard InChI is InChI=1S/C13H30N2O2/c1-4-5-6-7-8-14-9-10-15-11-13(17-3)12-16-2/h13-15H,4-12H2,1-3H3. The average Bonchev–Trinajstić information content (AvgIpc) is 2.35. The van der Waals surface area contributed by atoms with Gasteiger partial charge in [0.25, 0.3) is 0 Å². The van der Waals surface area contributed by atoms with Crippen LogP contribution in [0, 0.1) is 0 Å². The lowest BCUT2D eigenvalue weighted by Gasteiger charge is -2.15. The molecule has 0 aromatic heterocycles. The highest BCUT2D eigenvalue weighted by atomic mass is 16.5. The van der Waals surface area contributed by atoms with Crippen molar-refractivity contribution in [2.24, 2.45) is 0 Å². The normalized spacial score (nSPS) is 12.9. The Kier molecular flexibility index (Phi) is 13.8. The van der Waals surface area contributed by atoms with Crippen LogP contribution in [-0.2, 0) is 9.47 Å². The second-order valence-electron chi connectivity index (χ2n) is 4.33. The predicted molar refractivity (Wildman–Crippen MR) is 72.6 cm³/mol. The highest BCUT2D eigenvalue weighted by Crippen LogP contribution is 1.96. The first-order valence-electron chi connectivity index (χ1n) is 6.78.